The molecule has 7 heteroatoms. The first-order chi connectivity index (χ1) is 11.7. The highest BCUT2D eigenvalue weighted by Gasteiger charge is 2.17. The number of nitrogens with zero attached hydrogens (tertiary/aromatic N) is 1. The fourth-order valence-electron chi connectivity index (χ4n) is 2.21. The SMILES string of the molecule is CCOC(=O)N/N=C(\c1ccc(F)cc1)c1ccc2c(c1)OCO2. The molecule has 1 heterocycles. The molecule has 3 rings (SSSR count). The summed E-state index contributed by atoms with van der Waals surface area (Å²) in [4.78, 5) is 11.5. The Morgan fingerprint density at radius 1 is 1.17 bits per heavy atom. The molecule has 0 saturated heterocycles. The summed E-state index contributed by atoms with van der Waals surface area (Å²) in [6.07, 6.45) is -0.669. The van der Waals surface area contributed by atoms with E-state index in [0.717, 1.165) is 0 Å². The van der Waals surface area contributed by atoms with Gasteiger partial charge in [-0.25, -0.2) is 14.6 Å². The van der Waals surface area contributed by atoms with Crippen LogP contribution >= 0.6 is 0 Å². The summed E-state index contributed by atoms with van der Waals surface area (Å²) in [7, 11) is 0. The second kappa shape index (κ2) is 6.99. The first-order valence-corrected chi connectivity index (χ1v) is 7.34. The van der Waals surface area contributed by atoms with E-state index in [9.17, 15) is 9.18 Å². The number of benzene rings is 2. The van der Waals surface area contributed by atoms with Gasteiger partial charge in [-0.2, -0.15) is 5.10 Å². The van der Waals surface area contributed by atoms with Gasteiger partial charge in [0.2, 0.25) is 6.79 Å². The predicted octanol–water partition coefficient (Wildman–Crippen LogP) is 3.05. The maximum absolute atomic E-state index is 13.2. The zero-order valence-electron chi connectivity index (χ0n) is 12.9. The van der Waals surface area contributed by atoms with Crippen LogP contribution < -0.4 is 14.9 Å². The molecule has 1 aliphatic rings. The monoisotopic (exact) mass is 330 g/mol. The zero-order chi connectivity index (χ0) is 16.9. The summed E-state index contributed by atoms with van der Waals surface area (Å²) >= 11 is 0. The molecular formula is C17H15FN2O4. The number of ether oxygens (including phenoxy) is 3. The summed E-state index contributed by atoms with van der Waals surface area (Å²) in [5.74, 6) is 0.858. The van der Waals surface area contributed by atoms with Gasteiger partial charge in [-0.3, -0.25) is 0 Å². The van der Waals surface area contributed by atoms with Gasteiger partial charge < -0.3 is 14.2 Å². The van der Waals surface area contributed by atoms with Crippen LogP contribution in [0.5, 0.6) is 11.5 Å². The van der Waals surface area contributed by atoms with E-state index in [-0.39, 0.29) is 19.2 Å². The summed E-state index contributed by atoms with van der Waals surface area (Å²) in [6, 6.07) is 11.1. The summed E-state index contributed by atoms with van der Waals surface area (Å²) in [5.41, 5.74) is 4.08. The Bertz CT molecular complexity index is 775. The minimum atomic E-state index is -0.669. The van der Waals surface area contributed by atoms with Gasteiger partial charge in [0.05, 0.1) is 12.3 Å². The van der Waals surface area contributed by atoms with E-state index in [1.54, 1.807) is 37.3 Å². The molecule has 6 nitrogen and oxygen atoms in total. The van der Waals surface area contributed by atoms with E-state index < -0.39 is 6.09 Å². The molecule has 0 aromatic heterocycles. The highest BCUT2D eigenvalue weighted by atomic mass is 19.1. The summed E-state index contributed by atoms with van der Waals surface area (Å²) in [6.45, 7) is 2.09. The van der Waals surface area contributed by atoms with Crippen molar-refractivity contribution in [1.82, 2.24) is 5.43 Å². The predicted molar refractivity (Wildman–Crippen MR) is 84.8 cm³/mol. The van der Waals surface area contributed by atoms with Crippen molar-refractivity contribution < 1.29 is 23.4 Å². The van der Waals surface area contributed by atoms with Crippen LogP contribution in [0.15, 0.2) is 47.6 Å². The van der Waals surface area contributed by atoms with Gasteiger partial charge >= 0.3 is 6.09 Å². The smallest absolute Gasteiger partial charge is 0.427 e. The Morgan fingerprint density at radius 2 is 1.88 bits per heavy atom. The molecule has 0 bridgehead atoms. The first-order valence-electron chi connectivity index (χ1n) is 7.34. The largest absolute Gasteiger partial charge is 0.454 e. The molecule has 2 aromatic carbocycles. The topological polar surface area (TPSA) is 69.2 Å². The van der Waals surface area contributed by atoms with E-state index in [4.69, 9.17) is 14.2 Å². The lowest BCUT2D eigenvalue weighted by atomic mass is 10.0. The molecule has 0 saturated carbocycles. The first kappa shape index (κ1) is 15.8. The number of carbonyl (C=O) groups excluding carboxylic acids is 1. The molecule has 0 fully saturated rings. The number of hydrogen-bond donors (Lipinski definition) is 1. The lowest BCUT2D eigenvalue weighted by Crippen LogP contribution is -2.21. The van der Waals surface area contributed by atoms with Gasteiger partial charge in [0.15, 0.2) is 11.5 Å². The molecule has 0 unspecified atom stereocenters. The van der Waals surface area contributed by atoms with Gasteiger partial charge in [-0.05, 0) is 49.4 Å². The Morgan fingerprint density at radius 3 is 2.62 bits per heavy atom. The molecule has 0 radical (unpaired) electrons. The number of carbonyl (C=O) groups is 1. The maximum atomic E-state index is 13.2. The Labute approximate surface area is 137 Å². The molecule has 1 aliphatic heterocycles. The van der Waals surface area contributed by atoms with Gasteiger partial charge in [0, 0.05) is 11.1 Å². The van der Waals surface area contributed by atoms with Crippen molar-refractivity contribution in [2.45, 2.75) is 6.92 Å². The van der Waals surface area contributed by atoms with Crippen LogP contribution in [-0.4, -0.2) is 25.2 Å². The lowest BCUT2D eigenvalue weighted by molar-refractivity contribution is 0.152. The van der Waals surface area contributed by atoms with Crippen LogP contribution in [0.4, 0.5) is 9.18 Å². The van der Waals surface area contributed by atoms with Crippen LogP contribution in [0.3, 0.4) is 0 Å². The molecule has 0 atom stereocenters. The number of hydrogen-bond acceptors (Lipinski definition) is 5. The van der Waals surface area contributed by atoms with Gasteiger partial charge in [-0.1, -0.05) is 0 Å². The number of fused-ring (bicyclic) bond motifs is 1. The third kappa shape index (κ3) is 3.45. The van der Waals surface area contributed by atoms with E-state index in [1.165, 1.54) is 12.1 Å². The maximum Gasteiger partial charge on any atom is 0.427 e. The van der Waals surface area contributed by atoms with E-state index in [0.29, 0.717) is 28.3 Å². The number of nitrogens with one attached hydrogen (secondary N) is 1. The third-order valence-electron chi connectivity index (χ3n) is 3.30. The highest BCUT2D eigenvalue weighted by molar-refractivity contribution is 6.13. The van der Waals surface area contributed by atoms with E-state index >= 15 is 0 Å². The number of amides is 1. The molecule has 1 amide bonds. The lowest BCUT2D eigenvalue weighted by Gasteiger charge is -2.09. The summed E-state index contributed by atoms with van der Waals surface area (Å²) in [5, 5.41) is 4.11. The minimum Gasteiger partial charge on any atom is -0.454 e. The fourth-order valence-corrected chi connectivity index (χ4v) is 2.21. The van der Waals surface area contributed by atoms with Crippen molar-refractivity contribution in [2.24, 2.45) is 5.10 Å². The number of hydrazone groups is 1. The molecule has 0 aliphatic carbocycles. The molecular weight excluding hydrogens is 315 g/mol. The second-order valence-electron chi connectivity index (χ2n) is 4.87. The van der Waals surface area contributed by atoms with Crippen molar-refractivity contribution >= 4 is 11.8 Å². The number of halogens is 1. The van der Waals surface area contributed by atoms with Crippen molar-refractivity contribution in [2.75, 3.05) is 13.4 Å². The van der Waals surface area contributed by atoms with Crippen molar-refractivity contribution in [3.8, 4) is 11.5 Å². The molecule has 124 valence electrons. The molecule has 24 heavy (non-hydrogen) atoms. The third-order valence-corrected chi connectivity index (χ3v) is 3.30. The highest BCUT2D eigenvalue weighted by Crippen LogP contribution is 2.33. The second-order valence-corrected chi connectivity index (χ2v) is 4.87. The van der Waals surface area contributed by atoms with Crippen LogP contribution in [-0.2, 0) is 4.74 Å². The van der Waals surface area contributed by atoms with Gasteiger partial charge in [0.1, 0.15) is 5.82 Å². The molecule has 1 N–H and O–H groups in total. The summed E-state index contributed by atoms with van der Waals surface area (Å²) < 4.78 is 28.6. The quantitative estimate of drug-likeness (QED) is 0.691. The van der Waals surface area contributed by atoms with Crippen molar-refractivity contribution in [3.05, 3.63) is 59.4 Å². The van der Waals surface area contributed by atoms with Crippen LogP contribution in [0, 0.1) is 5.82 Å². The average molecular weight is 330 g/mol. The average Bonchev–Trinajstić information content (AvgIpc) is 3.04. The Hall–Kier alpha value is -3.09. The Balaban J connectivity index is 1.96. The molecule has 0 spiro atoms. The molecule has 2 aromatic rings. The van der Waals surface area contributed by atoms with Crippen LogP contribution in [0.1, 0.15) is 18.1 Å². The van der Waals surface area contributed by atoms with E-state index in [1.807, 2.05) is 0 Å². The standard InChI is InChI=1S/C17H15FN2O4/c1-2-22-17(21)20-19-16(11-3-6-13(18)7-4-11)12-5-8-14-15(9-12)24-10-23-14/h3-9H,2,10H2,1H3,(H,20,21)/b19-16+. The normalized spacial score (nSPS) is 12.8. The zero-order valence-corrected chi connectivity index (χ0v) is 12.9. The fraction of sp³-hybridized carbons (Fsp3) is 0.176. The van der Waals surface area contributed by atoms with Crippen molar-refractivity contribution in [1.29, 1.82) is 0 Å². The minimum absolute atomic E-state index is 0.156. The van der Waals surface area contributed by atoms with Crippen molar-refractivity contribution in [3.63, 3.8) is 0 Å². The van der Waals surface area contributed by atoms with E-state index in [2.05, 4.69) is 10.5 Å². The number of rotatable bonds is 4. The van der Waals surface area contributed by atoms with Crippen LogP contribution in [0.2, 0.25) is 0 Å². The van der Waals surface area contributed by atoms with Gasteiger partial charge in [-0.15, -0.1) is 0 Å². The van der Waals surface area contributed by atoms with Crippen LogP contribution in [0.25, 0.3) is 0 Å². The van der Waals surface area contributed by atoms with Gasteiger partial charge in [0.25, 0.3) is 0 Å². The Kier molecular flexibility index (Phi) is 4.60.